The molecule has 1 aliphatic rings. The van der Waals surface area contributed by atoms with E-state index in [2.05, 4.69) is 47.5 Å². The first kappa shape index (κ1) is 62.6. The van der Waals surface area contributed by atoms with Crippen LogP contribution in [0.25, 0.3) is 10.9 Å². The maximum atomic E-state index is 14.9. The Morgan fingerprint density at radius 1 is 0.779 bits per heavy atom. The van der Waals surface area contributed by atoms with Gasteiger partial charge in [0.1, 0.15) is 54.6 Å². The molecule has 0 radical (unpaired) electrons. The number of aryl methyl sites for hydroxylation is 1. The third-order valence-electron chi connectivity index (χ3n) is 12.5. The number of nitrogens with two attached hydrogens (primary N) is 3. The van der Waals surface area contributed by atoms with E-state index in [1.807, 2.05) is 13.0 Å². The van der Waals surface area contributed by atoms with Crippen molar-refractivity contribution in [2.24, 2.45) is 17.2 Å². The lowest BCUT2D eigenvalue weighted by molar-refractivity contribution is -0.137. The van der Waals surface area contributed by atoms with Crippen LogP contribution in [0.4, 0.5) is 0 Å². The second-order valence-corrected chi connectivity index (χ2v) is 23.4. The van der Waals surface area contributed by atoms with Crippen LogP contribution in [0.2, 0.25) is 0 Å². The highest BCUT2D eigenvalue weighted by atomic mass is 33.1. The molecule has 1 aliphatic heterocycles. The Kier molecular flexibility index (Phi) is 23.2. The third kappa shape index (κ3) is 18.7. The summed E-state index contributed by atoms with van der Waals surface area (Å²) in [6.45, 7) is 12.7. The van der Waals surface area contributed by atoms with E-state index in [1.54, 1.807) is 70.3 Å². The molecule has 26 heteroatoms. The maximum absolute atomic E-state index is 14.9. The van der Waals surface area contributed by atoms with Crippen LogP contribution < -0.4 is 64.5 Å². The molecule has 1 saturated heterocycles. The fourth-order valence-electron chi connectivity index (χ4n) is 8.31. The number of carbonyl (C=O) groups is 10. The molecule has 0 unspecified atom stereocenters. The topological polar surface area (TPSA) is 390 Å². The summed E-state index contributed by atoms with van der Waals surface area (Å²) in [6, 6.07) is 1.26. The summed E-state index contributed by atoms with van der Waals surface area (Å²) in [5, 5.41) is 32.7. The Morgan fingerprint density at radius 2 is 1.40 bits per heavy atom. The van der Waals surface area contributed by atoms with E-state index in [4.69, 9.17) is 21.9 Å². The van der Waals surface area contributed by atoms with E-state index in [0.717, 1.165) is 39.6 Å². The summed E-state index contributed by atoms with van der Waals surface area (Å²) >= 11 is 0. The number of benzene rings is 2. The fourth-order valence-corrected chi connectivity index (χ4v) is 11.1. The molecule has 0 aliphatic carbocycles. The number of aromatic nitrogens is 1. The van der Waals surface area contributed by atoms with Crippen LogP contribution in [0.5, 0.6) is 5.75 Å². The Morgan fingerprint density at radius 3 is 2.01 bits per heavy atom. The highest BCUT2D eigenvalue weighted by Crippen LogP contribution is 2.47. The van der Waals surface area contributed by atoms with Gasteiger partial charge in [0.15, 0.2) is 0 Å². The number of unbranched alkanes of at least 4 members (excludes halogenated alkanes) is 1. The SMILES string of the molecule is CC(=O)NCCCC[C@@H]1NC(=O)[C@H](Cc2c[nH]c3c(C)cccc23)NC(=O)[C@H]([C@@H](C)O)NC(=O)[C@H](CC(N)=O)NC(=O)[C@@H](NC(C)=O)C(C)(C)SSC(C)(C)[C@@H](C(=O)N[C@@H](Cc2ccc(OCCN)cc2)C(N)=O)NC1=O. The van der Waals surface area contributed by atoms with Crippen molar-refractivity contribution in [1.82, 2.24) is 47.5 Å². The van der Waals surface area contributed by atoms with E-state index in [9.17, 15) is 53.1 Å². The molecule has 3 aromatic rings. The number of amides is 10. The number of para-hydroxylation sites is 1. The number of fused-ring (bicyclic) bond motifs is 1. The highest BCUT2D eigenvalue weighted by Gasteiger charge is 2.45. The molecule has 2 heterocycles. The predicted octanol–water partition coefficient (Wildman–Crippen LogP) is -0.987. The average Bonchev–Trinajstić information content (AvgIpc) is 3.77. The highest BCUT2D eigenvalue weighted by molar-refractivity contribution is 8.77. The van der Waals surface area contributed by atoms with Gasteiger partial charge >= 0.3 is 0 Å². The quantitative estimate of drug-likeness (QED) is 0.0507. The molecule has 77 heavy (non-hydrogen) atoms. The van der Waals surface area contributed by atoms with E-state index >= 15 is 0 Å². The molecular formula is C51H74N12O12S2. The second kappa shape index (κ2) is 28.5. The number of primary amides is 2. The molecule has 8 atom stereocenters. The van der Waals surface area contributed by atoms with Gasteiger partial charge in [-0.2, -0.15) is 0 Å². The Labute approximate surface area is 454 Å². The molecule has 10 amide bonds. The van der Waals surface area contributed by atoms with Gasteiger partial charge in [-0.05, 0) is 89.6 Å². The largest absolute Gasteiger partial charge is 0.492 e. The van der Waals surface area contributed by atoms with Crippen LogP contribution in [-0.4, -0.2) is 147 Å². The smallest absolute Gasteiger partial charge is 0.245 e. The van der Waals surface area contributed by atoms with Gasteiger partial charge in [0.05, 0.1) is 12.5 Å². The van der Waals surface area contributed by atoms with E-state index < -0.39 is 117 Å². The van der Waals surface area contributed by atoms with E-state index in [-0.39, 0.29) is 51.3 Å². The number of ether oxygens (including phenoxy) is 1. The van der Waals surface area contributed by atoms with Crippen molar-refractivity contribution < 1.29 is 57.8 Å². The van der Waals surface area contributed by atoms with Crippen molar-refractivity contribution in [3.63, 3.8) is 0 Å². The van der Waals surface area contributed by atoms with E-state index in [0.29, 0.717) is 28.7 Å². The minimum absolute atomic E-state index is 0.0657. The first-order valence-electron chi connectivity index (χ1n) is 25.1. The summed E-state index contributed by atoms with van der Waals surface area (Å²) in [5.41, 5.74) is 19.8. The monoisotopic (exact) mass is 1110 g/mol. The third-order valence-corrected chi connectivity index (χ3v) is 16.8. The molecule has 24 nitrogen and oxygen atoms in total. The van der Waals surface area contributed by atoms with Crippen molar-refractivity contribution in [1.29, 1.82) is 0 Å². The molecule has 4 rings (SSSR count). The zero-order valence-corrected chi connectivity index (χ0v) is 46.2. The fraction of sp³-hybridized carbons (Fsp3) is 0.529. The Hall–Kier alpha value is -6.90. The Balaban J connectivity index is 1.90. The van der Waals surface area contributed by atoms with Gasteiger partial charge in [0, 0.05) is 66.4 Å². The average molecular weight is 1110 g/mol. The van der Waals surface area contributed by atoms with Crippen LogP contribution in [0.3, 0.4) is 0 Å². The molecule has 0 bridgehead atoms. The summed E-state index contributed by atoms with van der Waals surface area (Å²) < 4.78 is 2.81. The number of hydrogen-bond donors (Lipinski definition) is 13. The molecule has 1 aromatic heterocycles. The number of rotatable bonds is 19. The number of hydrogen-bond acceptors (Lipinski definition) is 15. The molecule has 16 N–H and O–H groups in total. The van der Waals surface area contributed by atoms with Gasteiger partial charge in [0.2, 0.25) is 59.1 Å². The molecule has 2 aromatic carbocycles. The van der Waals surface area contributed by atoms with Crippen LogP contribution in [0, 0.1) is 6.92 Å². The van der Waals surface area contributed by atoms with Crippen LogP contribution >= 0.6 is 21.6 Å². The Bertz CT molecular complexity index is 2630. The number of aliphatic hydroxyl groups excluding tert-OH is 1. The zero-order valence-electron chi connectivity index (χ0n) is 44.6. The minimum Gasteiger partial charge on any atom is -0.492 e. The maximum Gasteiger partial charge on any atom is 0.245 e. The molecule has 0 saturated carbocycles. The predicted molar refractivity (Wildman–Crippen MR) is 291 cm³/mol. The van der Waals surface area contributed by atoms with Gasteiger partial charge in [-0.1, -0.05) is 51.9 Å². The number of nitrogens with one attached hydrogen (secondary N) is 9. The molecular weight excluding hydrogens is 1040 g/mol. The molecule has 1 fully saturated rings. The van der Waals surface area contributed by atoms with Crippen LogP contribution in [0.15, 0.2) is 48.7 Å². The summed E-state index contributed by atoms with van der Waals surface area (Å²) in [4.78, 5) is 141. The van der Waals surface area contributed by atoms with Gasteiger partial charge in [0.25, 0.3) is 0 Å². The summed E-state index contributed by atoms with van der Waals surface area (Å²) in [6.07, 6.45) is -0.553. The van der Waals surface area contributed by atoms with Crippen molar-refractivity contribution >= 4 is 91.6 Å². The van der Waals surface area contributed by atoms with Crippen molar-refractivity contribution in [2.45, 2.75) is 152 Å². The van der Waals surface area contributed by atoms with Crippen LogP contribution in [0.1, 0.15) is 90.8 Å². The minimum atomic E-state index is -1.82. The van der Waals surface area contributed by atoms with Gasteiger partial charge in [-0.15, -0.1) is 0 Å². The van der Waals surface area contributed by atoms with Crippen molar-refractivity contribution in [2.75, 3.05) is 19.7 Å². The number of H-pyrrole nitrogens is 1. The lowest BCUT2D eigenvalue weighted by Crippen LogP contribution is -2.64. The first-order valence-corrected chi connectivity index (χ1v) is 27.2. The van der Waals surface area contributed by atoms with Gasteiger partial charge < -0.3 is 74.6 Å². The van der Waals surface area contributed by atoms with Gasteiger partial charge in [-0.3, -0.25) is 47.9 Å². The normalized spacial score (nSPS) is 22.3. The number of carbonyl (C=O) groups excluding carboxylic acids is 10. The lowest BCUT2D eigenvalue weighted by atomic mass is 9.98. The summed E-state index contributed by atoms with van der Waals surface area (Å²) in [7, 11) is 2.02. The van der Waals surface area contributed by atoms with Crippen molar-refractivity contribution in [3.05, 3.63) is 65.4 Å². The number of aromatic amines is 1. The summed E-state index contributed by atoms with van der Waals surface area (Å²) in [5.74, 6) is -8.20. The van der Waals surface area contributed by atoms with Crippen molar-refractivity contribution in [3.8, 4) is 5.75 Å². The zero-order chi connectivity index (χ0) is 57.4. The van der Waals surface area contributed by atoms with E-state index in [1.165, 1.54) is 13.8 Å². The lowest BCUT2D eigenvalue weighted by Gasteiger charge is -2.39. The first-order chi connectivity index (χ1) is 36.1. The van der Waals surface area contributed by atoms with Gasteiger partial charge in [-0.25, -0.2) is 0 Å². The van der Waals surface area contributed by atoms with Crippen LogP contribution in [-0.2, 0) is 60.8 Å². The standard InChI is InChI=1S/C51H74N12O12S2/c1-26-12-11-13-33-31(25-56-39(26)33)23-36-45(70)58-34(14-9-10-20-55-28(3)65)44(69)63-42(49(74)59-35(43(54)68)22-30-15-17-32(18-16-30)75-21-19-52)51(7,8)77-76-50(5,6)41(57-29(4)66)48(73)61-37(24-38(53)67)46(71)62-40(27(2)64)47(72)60-36/h11-13,15-18,25,27,34-37,40-42,56,64H,9-10,14,19-24,52H2,1-8H3,(H2,53,67)(H2,54,68)(H,55,65)(H,57,66)(H,58,70)(H,59,74)(H,60,72)(H,61,73)(H,62,71)(H,63,69)/t27-,34+,35+,36+,37+,40+,41-,42-/m1/s1. The molecule has 0 spiro atoms. The second-order valence-electron chi connectivity index (χ2n) is 20.0. The number of aliphatic hydroxyl groups is 1. The molecule has 422 valence electrons.